The van der Waals surface area contributed by atoms with Crippen LogP contribution in [0.25, 0.3) is 0 Å². The van der Waals surface area contributed by atoms with E-state index in [1.54, 1.807) is 9.80 Å². The first kappa shape index (κ1) is 21.9. The van der Waals surface area contributed by atoms with Gasteiger partial charge in [0.05, 0.1) is 19.1 Å². The van der Waals surface area contributed by atoms with Crippen LogP contribution in [0.1, 0.15) is 18.9 Å². The minimum absolute atomic E-state index is 0. The summed E-state index contributed by atoms with van der Waals surface area (Å²) in [5, 5.41) is 12.2. The third-order valence-corrected chi connectivity index (χ3v) is 4.62. The van der Waals surface area contributed by atoms with E-state index in [1.165, 1.54) is 0 Å². The van der Waals surface area contributed by atoms with Gasteiger partial charge in [-0.15, -0.1) is 12.4 Å². The summed E-state index contributed by atoms with van der Waals surface area (Å²) in [4.78, 5) is 28.3. The quantitative estimate of drug-likeness (QED) is 0.680. The number of rotatable bonds is 7. The molecule has 25 heavy (non-hydrogen) atoms. The zero-order chi connectivity index (χ0) is 17.5. The van der Waals surface area contributed by atoms with Gasteiger partial charge in [0, 0.05) is 37.2 Å². The average Bonchev–Trinajstić information content (AvgIpc) is 2.56. The Morgan fingerprint density at radius 3 is 2.88 bits per heavy atom. The molecule has 6 nitrogen and oxygen atoms in total. The van der Waals surface area contributed by atoms with Crippen LogP contribution in [0.3, 0.4) is 0 Å². The van der Waals surface area contributed by atoms with Gasteiger partial charge in [0.15, 0.2) is 0 Å². The first-order valence-corrected chi connectivity index (χ1v) is 8.99. The molecule has 1 aliphatic rings. The van der Waals surface area contributed by atoms with E-state index in [4.69, 9.17) is 5.11 Å². The van der Waals surface area contributed by atoms with Crippen LogP contribution < -0.4 is 5.32 Å². The number of amides is 2. The van der Waals surface area contributed by atoms with E-state index in [9.17, 15) is 9.59 Å². The molecule has 0 aliphatic carbocycles. The summed E-state index contributed by atoms with van der Waals surface area (Å²) in [6.45, 7) is 4.47. The maximum Gasteiger partial charge on any atom is 0.240 e. The molecule has 1 unspecified atom stereocenters. The molecule has 0 bridgehead atoms. The molecule has 1 heterocycles. The SMILES string of the molecule is CCN(CCO)C(=O)CC1NCCN(Cc2cccc(Br)c2)C1=O.Cl. The van der Waals surface area contributed by atoms with Gasteiger partial charge in [-0.25, -0.2) is 0 Å². The Morgan fingerprint density at radius 1 is 1.48 bits per heavy atom. The minimum atomic E-state index is -0.494. The van der Waals surface area contributed by atoms with Crippen LogP contribution in [-0.2, 0) is 16.1 Å². The van der Waals surface area contributed by atoms with Crippen LogP contribution in [0.2, 0.25) is 0 Å². The van der Waals surface area contributed by atoms with Gasteiger partial charge >= 0.3 is 0 Å². The fourth-order valence-corrected chi connectivity index (χ4v) is 3.29. The van der Waals surface area contributed by atoms with Crippen molar-refractivity contribution >= 4 is 40.2 Å². The maximum absolute atomic E-state index is 12.7. The number of aliphatic hydroxyl groups is 1. The number of likely N-dealkylation sites (N-methyl/N-ethyl adjacent to an activating group) is 1. The van der Waals surface area contributed by atoms with Gasteiger partial charge in [-0.1, -0.05) is 28.1 Å². The van der Waals surface area contributed by atoms with Crippen LogP contribution >= 0.6 is 28.3 Å². The second-order valence-electron chi connectivity index (χ2n) is 5.80. The topological polar surface area (TPSA) is 72.9 Å². The molecular formula is C17H25BrClN3O3. The predicted molar refractivity (Wildman–Crippen MR) is 103 cm³/mol. The van der Waals surface area contributed by atoms with Gasteiger partial charge in [-0.05, 0) is 24.6 Å². The highest BCUT2D eigenvalue weighted by atomic mass is 79.9. The van der Waals surface area contributed by atoms with Crippen molar-refractivity contribution in [2.45, 2.75) is 25.9 Å². The van der Waals surface area contributed by atoms with Crippen LogP contribution in [0.15, 0.2) is 28.7 Å². The molecule has 8 heteroatoms. The summed E-state index contributed by atoms with van der Waals surface area (Å²) < 4.78 is 0.983. The first-order valence-electron chi connectivity index (χ1n) is 8.20. The molecule has 0 saturated carbocycles. The Bertz CT molecular complexity index is 588. The Balaban J connectivity index is 0.00000312. The number of piperazine rings is 1. The lowest BCUT2D eigenvalue weighted by molar-refractivity contribution is -0.141. The molecule has 1 aliphatic heterocycles. The van der Waals surface area contributed by atoms with E-state index >= 15 is 0 Å². The summed E-state index contributed by atoms with van der Waals surface area (Å²) in [6.07, 6.45) is 0.127. The minimum Gasteiger partial charge on any atom is -0.395 e. The van der Waals surface area contributed by atoms with Gasteiger partial charge in [-0.2, -0.15) is 0 Å². The Morgan fingerprint density at radius 2 is 2.24 bits per heavy atom. The van der Waals surface area contributed by atoms with Crippen LogP contribution in [0.5, 0.6) is 0 Å². The second kappa shape index (κ2) is 10.8. The summed E-state index contributed by atoms with van der Waals surface area (Å²) in [6, 6.07) is 7.38. The molecule has 0 radical (unpaired) electrons. The van der Waals surface area contributed by atoms with E-state index in [0.29, 0.717) is 32.7 Å². The van der Waals surface area contributed by atoms with Crippen molar-refractivity contribution in [1.29, 1.82) is 0 Å². The third-order valence-electron chi connectivity index (χ3n) is 4.13. The predicted octanol–water partition coefficient (Wildman–Crippen LogP) is 1.40. The fourth-order valence-electron chi connectivity index (χ4n) is 2.85. The highest BCUT2D eigenvalue weighted by molar-refractivity contribution is 9.10. The standard InChI is InChI=1S/C17H24BrN3O3.ClH/c1-2-20(8-9-22)16(23)11-15-17(24)21(7-6-19-15)12-13-4-3-5-14(18)10-13;/h3-5,10,15,19,22H,2,6-9,11-12H2,1H3;1H. The molecule has 140 valence electrons. The van der Waals surface area contributed by atoms with Crippen molar-refractivity contribution < 1.29 is 14.7 Å². The largest absolute Gasteiger partial charge is 0.395 e. The van der Waals surface area contributed by atoms with Gasteiger partial charge in [-0.3, -0.25) is 9.59 Å². The average molecular weight is 435 g/mol. The van der Waals surface area contributed by atoms with Gasteiger partial charge in [0.25, 0.3) is 0 Å². The molecule has 1 saturated heterocycles. The number of nitrogens with one attached hydrogen (secondary N) is 1. The zero-order valence-electron chi connectivity index (χ0n) is 14.3. The monoisotopic (exact) mass is 433 g/mol. The number of halogens is 2. The van der Waals surface area contributed by atoms with Crippen LogP contribution in [-0.4, -0.2) is 65.5 Å². The first-order chi connectivity index (χ1) is 11.5. The lowest BCUT2D eigenvalue weighted by Crippen LogP contribution is -2.56. The number of aliphatic hydroxyl groups excluding tert-OH is 1. The molecule has 0 aromatic heterocycles. The van der Waals surface area contributed by atoms with E-state index in [0.717, 1.165) is 10.0 Å². The van der Waals surface area contributed by atoms with Crippen molar-refractivity contribution in [3.8, 4) is 0 Å². The fraction of sp³-hybridized carbons (Fsp3) is 0.529. The third kappa shape index (κ3) is 6.26. The lowest BCUT2D eigenvalue weighted by atomic mass is 10.1. The molecular weight excluding hydrogens is 410 g/mol. The van der Waals surface area contributed by atoms with Crippen molar-refractivity contribution in [1.82, 2.24) is 15.1 Å². The van der Waals surface area contributed by atoms with E-state index in [1.807, 2.05) is 31.2 Å². The normalized spacial score (nSPS) is 17.2. The van der Waals surface area contributed by atoms with Crippen LogP contribution in [0, 0.1) is 0 Å². The molecule has 1 aromatic rings. The summed E-state index contributed by atoms with van der Waals surface area (Å²) in [7, 11) is 0. The van der Waals surface area contributed by atoms with Crippen LogP contribution in [0.4, 0.5) is 0 Å². The van der Waals surface area contributed by atoms with Crippen molar-refractivity contribution in [3.05, 3.63) is 34.3 Å². The number of carbonyl (C=O) groups is 2. The number of carbonyl (C=O) groups excluding carboxylic acids is 2. The van der Waals surface area contributed by atoms with Crippen molar-refractivity contribution in [2.75, 3.05) is 32.8 Å². The summed E-state index contributed by atoms with van der Waals surface area (Å²) in [5.74, 6) is -0.156. The highest BCUT2D eigenvalue weighted by Gasteiger charge is 2.31. The Kier molecular flexibility index (Phi) is 9.42. The van der Waals surface area contributed by atoms with Gasteiger partial charge < -0.3 is 20.2 Å². The zero-order valence-corrected chi connectivity index (χ0v) is 16.7. The summed E-state index contributed by atoms with van der Waals surface area (Å²) in [5.41, 5.74) is 1.06. The Labute approximate surface area is 163 Å². The number of nitrogens with zero attached hydrogens (tertiary/aromatic N) is 2. The molecule has 1 aromatic carbocycles. The van der Waals surface area contributed by atoms with Crippen molar-refractivity contribution in [3.63, 3.8) is 0 Å². The van der Waals surface area contributed by atoms with E-state index < -0.39 is 6.04 Å². The number of hydrogen-bond acceptors (Lipinski definition) is 4. The molecule has 1 atom stereocenters. The van der Waals surface area contributed by atoms with E-state index in [2.05, 4.69) is 21.2 Å². The maximum atomic E-state index is 12.7. The highest BCUT2D eigenvalue weighted by Crippen LogP contribution is 2.16. The lowest BCUT2D eigenvalue weighted by Gasteiger charge is -2.34. The molecule has 2 amide bonds. The number of hydrogen-bond donors (Lipinski definition) is 2. The second-order valence-corrected chi connectivity index (χ2v) is 6.71. The van der Waals surface area contributed by atoms with Gasteiger partial charge in [0.1, 0.15) is 0 Å². The van der Waals surface area contributed by atoms with E-state index in [-0.39, 0.29) is 37.2 Å². The molecule has 2 rings (SSSR count). The molecule has 2 N–H and O–H groups in total. The molecule has 0 spiro atoms. The number of benzene rings is 1. The van der Waals surface area contributed by atoms with Gasteiger partial charge in [0.2, 0.25) is 11.8 Å². The summed E-state index contributed by atoms with van der Waals surface area (Å²) >= 11 is 3.44. The smallest absolute Gasteiger partial charge is 0.240 e. The Hall–Kier alpha value is -1.15. The van der Waals surface area contributed by atoms with Crippen molar-refractivity contribution in [2.24, 2.45) is 0 Å². The molecule has 1 fully saturated rings.